The summed E-state index contributed by atoms with van der Waals surface area (Å²) < 4.78 is 5.63. The van der Waals surface area contributed by atoms with Gasteiger partial charge in [0.2, 0.25) is 0 Å². The lowest BCUT2D eigenvalue weighted by molar-refractivity contribution is 0.0963. The second-order valence-electron chi connectivity index (χ2n) is 4.26. The number of rotatable bonds is 4. The quantitative estimate of drug-likeness (QED) is 0.849. The van der Waals surface area contributed by atoms with Gasteiger partial charge in [0.1, 0.15) is 0 Å². The third-order valence-electron chi connectivity index (χ3n) is 3.36. The molecule has 0 radical (unpaired) electrons. The van der Waals surface area contributed by atoms with Crippen LogP contribution in [0.1, 0.15) is 18.9 Å². The van der Waals surface area contributed by atoms with Crippen LogP contribution in [-0.4, -0.2) is 25.8 Å². The highest BCUT2D eigenvalue weighted by Gasteiger charge is 2.30. The van der Waals surface area contributed by atoms with Crippen LogP contribution in [0.25, 0.3) is 0 Å². The summed E-state index contributed by atoms with van der Waals surface area (Å²) in [4.78, 5) is 0. The van der Waals surface area contributed by atoms with E-state index in [0.29, 0.717) is 18.1 Å². The SMILES string of the molecule is CNC(Cc1ccsc1)C1CCOC1C. The minimum atomic E-state index is 0.404. The standard InChI is InChI=1S/C12H19NOS/c1-9-11(3-5-14-9)12(13-2)7-10-4-6-15-8-10/h4,6,8-9,11-13H,3,5,7H2,1-2H3. The van der Waals surface area contributed by atoms with E-state index in [9.17, 15) is 0 Å². The average molecular weight is 225 g/mol. The van der Waals surface area contributed by atoms with E-state index in [0.717, 1.165) is 13.0 Å². The Bertz CT molecular complexity index is 286. The van der Waals surface area contributed by atoms with Crippen LogP contribution in [0.3, 0.4) is 0 Å². The molecule has 0 aromatic carbocycles. The summed E-state index contributed by atoms with van der Waals surface area (Å²) >= 11 is 1.78. The summed E-state index contributed by atoms with van der Waals surface area (Å²) in [5.41, 5.74) is 1.44. The molecule has 0 spiro atoms. The monoisotopic (exact) mass is 225 g/mol. The third-order valence-corrected chi connectivity index (χ3v) is 4.09. The molecule has 1 aliphatic rings. The Morgan fingerprint density at radius 3 is 3.07 bits per heavy atom. The number of ether oxygens (including phenoxy) is 1. The van der Waals surface area contributed by atoms with Crippen molar-refractivity contribution in [3.63, 3.8) is 0 Å². The van der Waals surface area contributed by atoms with Gasteiger partial charge in [-0.05, 0) is 49.2 Å². The van der Waals surface area contributed by atoms with Crippen molar-refractivity contribution in [2.24, 2.45) is 5.92 Å². The lowest BCUT2D eigenvalue weighted by atomic mass is 9.90. The van der Waals surface area contributed by atoms with Gasteiger partial charge < -0.3 is 10.1 Å². The summed E-state index contributed by atoms with van der Waals surface area (Å²) in [6.07, 6.45) is 2.72. The second kappa shape index (κ2) is 5.10. The van der Waals surface area contributed by atoms with Gasteiger partial charge in [-0.2, -0.15) is 11.3 Å². The first kappa shape index (κ1) is 11.1. The van der Waals surface area contributed by atoms with E-state index < -0.39 is 0 Å². The average Bonchev–Trinajstić information content (AvgIpc) is 2.85. The molecule has 3 atom stereocenters. The lowest BCUT2D eigenvalue weighted by Gasteiger charge is -2.25. The van der Waals surface area contributed by atoms with Crippen molar-refractivity contribution in [1.82, 2.24) is 5.32 Å². The molecular formula is C12H19NOS. The van der Waals surface area contributed by atoms with Gasteiger partial charge in [0, 0.05) is 18.6 Å². The molecule has 84 valence electrons. The third kappa shape index (κ3) is 2.60. The van der Waals surface area contributed by atoms with Crippen LogP contribution < -0.4 is 5.32 Å². The molecular weight excluding hydrogens is 206 g/mol. The van der Waals surface area contributed by atoms with Crippen LogP contribution in [0.4, 0.5) is 0 Å². The smallest absolute Gasteiger partial charge is 0.0590 e. The Kier molecular flexibility index (Phi) is 3.78. The van der Waals surface area contributed by atoms with Gasteiger partial charge in [-0.15, -0.1) is 0 Å². The van der Waals surface area contributed by atoms with E-state index in [-0.39, 0.29) is 0 Å². The molecule has 1 aromatic heterocycles. The minimum Gasteiger partial charge on any atom is -0.378 e. The molecule has 1 fully saturated rings. The summed E-state index contributed by atoms with van der Waals surface area (Å²) in [6, 6.07) is 2.77. The predicted octanol–water partition coefficient (Wildman–Crippen LogP) is 2.30. The van der Waals surface area contributed by atoms with Crippen molar-refractivity contribution in [3.8, 4) is 0 Å². The number of thiophene rings is 1. The normalized spacial score (nSPS) is 28.1. The van der Waals surface area contributed by atoms with Crippen LogP contribution in [0.15, 0.2) is 16.8 Å². The molecule has 15 heavy (non-hydrogen) atoms. The number of nitrogens with one attached hydrogen (secondary N) is 1. The molecule has 2 nitrogen and oxygen atoms in total. The zero-order chi connectivity index (χ0) is 10.7. The maximum atomic E-state index is 5.63. The Balaban J connectivity index is 1.97. The van der Waals surface area contributed by atoms with Crippen molar-refractivity contribution in [2.45, 2.75) is 31.9 Å². The molecule has 1 aliphatic heterocycles. The molecule has 1 saturated heterocycles. The minimum absolute atomic E-state index is 0.404. The molecule has 0 bridgehead atoms. The van der Waals surface area contributed by atoms with Crippen LogP contribution in [0, 0.1) is 5.92 Å². The number of hydrogen-bond acceptors (Lipinski definition) is 3. The van der Waals surface area contributed by atoms with E-state index in [1.54, 1.807) is 11.3 Å². The fraction of sp³-hybridized carbons (Fsp3) is 0.667. The maximum Gasteiger partial charge on any atom is 0.0590 e. The van der Waals surface area contributed by atoms with Crippen molar-refractivity contribution in [3.05, 3.63) is 22.4 Å². The van der Waals surface area contributed by atoms with Crippen LogP contribution >= 0.6 is 11.3 Å². The molecule has 0 saturated carbocycles. The Hall–Kier alpha value is -0.380. The van der Waals surface area contributed by atoms with Gasteiger partial charge >= 0.3 is 0 Å². The molecule has 1 aromatic rings. The summed E-state index contributed by atoms with van der Waals surface area (Å²) in [6.45, 7) is 3.11. The van der Waals surface area contributed by atoms with Crippen molar-refractivity contribution < 1.29 is 4.74 Å². The molecule has 1 N–H and O–H groups in total. The van der Waals surface area contributed by atoms with Gasteiger partial charge in [-0.3, -0.25) is 0 Å². The predicted molar refractivity (Wildman–Crippen MR) is 64.4 cm³/mol. The summed E-state index contributed by atoms with van der Waals surface area (Å²) in [5.74, 6) is 0.662. The zero-order valence-electron chi connectivity index (χ0n) is 9.40. The van der Waals surface area contributed by atoms with Crippen molar-refractivity contribution in [1.29, 1.82) is 0 Å². The Labute approximate surface area is 95.6 Å². The van der Waals surface area contributed by atoms with E-state index >= 15 is 0 Å². The molecule has 2 rings (SSSR count). The van der Waals surface area contributed by atoms with Crippen molar-refractivity contribution in [2.75, 3.05) is 13.7 Å². The molecule has 0 amide bonds. The summed E-state index contributed by atoms with van der Waals surface area (Å²) in [7, 11) is 2.06. The molecule has 0 aliphatic carbocycles. The van der Waals surface area contributed by atoms with E-state index in [4.69, 9.17) is 4.74 Å². The molecule has 3 heteroatoms. The van der Waals surface area contributed by atoms with Crippen LogP contribution in [-0.2, 0) is 11.2 Å². The second-order valence-corrected chi connectivity index (χ2v) is 5.04. The highest BCUT2D eigenvalue weighted by Crippen LogP contribution is 2.26. The lowest BCUT2D eigenvalue weighted by Crippen LogP contribution is -2.38. The largest absolute Gasteiger partial charge is 0.378 e. The first-order valence-corrected chi connectivity index (χ1v) is 6.55. The number of likely N-dealkylation sites (N-methyl/N-ethyl adjacent to an activating group) is 1. The first-order valence-electron chi connectivity index (χ1n) is 5.61. The van der Waals surface area contributed by atoms with Crippen LogP contribution in [0.5, 0.6) is 0 Å². The Morgan fingerprint density at radius 1 is 1.67 bits per heavy atom. The number of hydrogen-bond donors (Lipinski definition) is 1. The van der Waals surface area contributed by atoms with Crippen molar-refractivity contribution >= 4 is 11.3 Å². The molecule has 2 heterocycles. The van der Waals surface area contributed by atoms with Gasteiger partial charge in [-0.25, -0.2) is 0 Å². The summed E-state index contributed by atoms with van der Waals surface area (Å²) in [5, 5.41) is 7.83. The zero-order valence-corrected chi connectivity index (χ0v) is 10.2. The fourth-order valence-corrected chi connectivity index (χ4v) is 3.09. The van der Waals surface area contributed by atoms with Gasteiger partial charge in [0.15, 0.2) is 0 Å². The van der Waals surface area contributed by atoms with Gasteiger partial charge in [0.25, 0.3) is 0 Å². The fourth-order valence-electron chi connectivity index (χ4n) is 2.41. The first-order chi connectivity index (χ1) is 7.31. The Morgan fingerprint density at radius 2 is 2.53 bits per heavy atom. The van der Waals surface area contributed by atoms with Gasteiger partial charge in [0.05, 0.1) is 6.10 Å². The van der Waals surface area contributed by atoms with Gasteiger partial charge in [-0.1, -0.05) is 0 Å². The van der Waals surface area contributed by atoms with Crippen LogP contribution in [0.2, 0.25) is 0 Å². The van der Waals surface area contributed by atoms with E-state index in [2.05, 4.69) is 36.1 Å². The topological polar surface area (TPSA) is 21.3 Å². The highest BCUT2D eigenvalue weighted by molar-refractivity contribution is 7.07. The van der Waals surface area contributed by atoms with E-state index in [1.807, 2.05) is 0 Å². The highest BCUT2D eigenvalue weighted by atomic mass is 32.1. The molecule has 3 unspecified atom stereocenters. The maximum absolute atomic E-state index is 5.63. The van der Waals surface area contributed by atoms with E-state index in [1.165, 1.54) is 12.0 Å².